The number of tetrazole rings is 1. The third kappa shape index (κ3) is 3.41. The molecule has 1 aromatic carbocycles. The summed E-state index contributed by atoms with van der Waals surface area (Å²) < 4.78 is 5.28. The van der Waals surface area contributed by atoms with Gasteiger partial charge in [-0.2, -0.15) is 4.80 Å². The molecule has 100 valence electrons. The number of hydrogen-bond donors (Lipinski definition) is 1. The summed E-state index contributed by atoms with van der Waals surface area (Å²) in [6.07, 6.45) is 0.164. The van der Waals surface area contributed by atoms with Gasteiger partial charge in [0.1, 0.15) is 6.54 Å². The molecule has 7 nitrogen and oxygen atoms in total. The maximum Gasteiger partial charge on any atom is 0.407 e. The molecule has 0 saturated carbocycles. The molecule has 2 rings (SSSR count). The minimum Gasteiger partial charge on any atom is -0.439 e. The van der Waals surface area contributed by atoms with E-state index >= 15 is 0 Å². The number of ether oxygens (including phenoxy) is 1. The average Bonchev–Trinajstić information content (AvgIpc) is 2.91. The van der Waals surface area contributed by atoms with Gasteiger partial charge in [-0.1, -0.05) is 29.8 Å². The lowest BCUT2D eigenvalue weighted by Gasteiger charge is -2.18. The second kappa shape index (κ2) is 6.14. The first-order valence-corrected chi connectivity index (χ1v) is 5.92. The molecule has 1 aromatic heterocycles. The van der Waals surface area contributed by atoms with Crippen molar-refractivity contribution < 1.29 is 9.53 Å². The third-order valence-electron chi connectivity index (χ3n) is 2.43. The summed E-state index contributed by atoms with van der Waals surface area (Å²) in [6.45, 7) is 0.233. The van der Waals surface area contributed by atoms with Crippen molar-refractivity contribution in [3.05, 3.63) is 41.2 Å². The molecule has 0 aliphatic carbocycles. The number of carbonyl (C=O) groups excluding carboxylic acids is 1. The molecule has 0 saturated heterocycles. The zero-order valence-corrected chi connectivity index (χ0v) is 10.9. The summed E-state index contributed by atoms with van der Waals surface area (Å²) in [5, 5.41) is 14.1. The monoisotopic (exact) mass is 281 g/mol. The predicted octanol–water partition coefficient (Wildman–Crippen LogP) is 1.42. The molecule has 0 aliphatic rings. The number of alkyl carbamates (subject to hydrolysis) is 1. The number of carbonyl (C=O) groups is 1. The molecular formula is C11H12ClN5O2. The second-order valence-corrected chi connectivity index (χ2v) is 4.06. The van der Waals surface area contributed by atoms with Crippen molar-refractivity contribution in [3.63, 3.8) is 0 Å². The average molecular weight is 282 g/mol. The van der Waals surface area contributed by atoms with Gasteiger partial charge in [-0.25, -0.2) is 4.79 Å². The van der Waals surface area contributed by atoms with E-state index in [-0.39, 0.29) is 6.54 Å². The highest BCUT2D eigenvalue weighted by molar-refractivity contribution is 6.31. The van der Waals surface area contributed by atoms with Crippen molar-refractivity contribution in [2.45, 2.75) is 12.6 Å². The molecule has 2 aromatic rings. The van der Waals surface area contributed by atoms with Crippen LogP contribution in [0, 0.1) is 0 Å². The van der Waals surface area contributed by atoms with E-state index in [1.807, 2.05) is 6.07 Å². The van der Waals surface area contributed by atoms with E-state index < -0.39 is 12.2 Å². The summed E-state index contributed by atoms with van der Waals surface area (Å²) >= 11 is 6.11. The minimum absolute atomic E-state index is 0.233. The molecule has 0 radical (unpaired) electrons. The van der Waals surface area contributed by atoms with Gasteiger partial charge in [0.25, 0.3) is 0 Å². The van der Waals surface area contributed by atoms with Gasteiger partial charge in [0.05, 0.1) is 0 Å². The molecule has 1 N–H and O–H groups in total. The molecule has 19 heavy (non-hydrogen) atoms. The van der Waals surface area contributed by atoms with Crippen LogP contribution in [-0.2, 0) is 11.3 Å². The maximum absolute atomic E-state index is 11.4. The lowest BCUT2D eigenvalue weighted by Crippen LogP contribution is -2.25. The van der Waals surface area contributed by atoms with Gasteiger partial charge in [-0.3, -0.25) is 0 Å². The fourth-order valence-electron chi connectivity index (χ4n) is 1.54. The minimum atomic E-state index is -0.595. The van der Waals surface area contributed by atoms with Crippen LogP contribution in [0.5, 0.6) is 0 Å². The topological polar surface area (TPSA) is 81.9 Å². The van der Waals surface area contributed by atoms with Crippen LogP contribution < -0.4 is 5.32 Å². The Morgan fingerprint density at radius 2 is 2.32 bits per heavy atom. The first-order valence-electron chi connectivity index (χ1n) is 5.54. The van der Waals surface area contributed by atoms with Gasteiger partial charge < -0.3 is 10.1 Å². The van der Waals surface area contributed by atoms with Crippen LogP contribution in [-0.4, -0.2) is 33.3 Å². The van der Waals surface area contributed by atoms with Crippen LogP contribution in [0.2, 0.25) is 5.02 Å². The van der Waals surface area contributed by atoms with Crippen LogP contribution in [0.25, 0.3) is 0 Å². The van der Waals surface area contributed by atoms with Gasteiger partial charge in [0.15, 0.2) is 12.4 Å². The van der Waals surface area contributed by atoms with E-state index in [2.05, 4.69) is 20.7 Å². The largest absolute Gasteiger partial charge is 0.439 e. The molecule has 1 atom stereocenters. The normalized spacial score (nSPS) is 11.9. The molecular weight excluding hydrogens is 270 g/mol. The standard InChI is InChI=1S/C11H12ClN5O2/c1-13-11(18)19-10(6-17-15-7-14-16-17)8-4-2-3-5-9(8)12/h2-5,7,10H,6H2,1H3,(H,13,18)/t10-/m0/s1. The van der Waals surface area contributed by atoms with Crippen LogP contribution in [0.1, 0.15) is 11.7 Å². The fraction of sp³-hybridized carbons (Fsp3) is 0.273. The molecule has 1 heterocycles. The van der Waals surface area contributed by atoms with Crippen LogP contribution >= 0.6 is 11.6 Å². The molecule has 0 bridgehead atoms. The maximum atomic E-state index is 11.4. The molecule has 0 aliphatic heterocycles. The summed E-state index contributed by atoms with van der Waals surface area (Å²) in [5.41, 5.74) is 0.685. The van der Waals surface area contributed by atoms with E-state index in [1.54, 1.807) is 18.2 Å². The number of halogens is 1. The summed E-state index contributed by atoms with van der Waals surface area (Å²) in [5.74, 6) is 0. The van der Waals surface area contributed by atoms with Crippen LogP contribution in [0.15, 0.2) is 30.6 Å². The second-order valence-electron chi connectivity index (χ2n) is 3.66. The zero-order valence-electron chi connectivity index (χ0n) is 10.2. The lowest BCUT2D eigenvalue weighted by molar-refractivity contribution is 0.0837. The van der Waals surface area contributed by atoms with Crippen LogP contribution in [0.3, 0.4) is 0 Å². The number of benzene rings is 1. The number of amides is 1. The van der Waals surface area contributed by atoms with Crippen molar-refractivity contribution in [2.75, 3.05) is 7.05 Å². The lowest BCUT2D eigenvalue weighted by atomic mass is 10.1. The molecule has 1 amide bonds. The Hall–Kier alpha value is -2.15. The Kier molecular flexibility index (Phi) is 4.30. The van der Waals surface area contributed by atoms with Gasteiger partial charge in [-0.05, 0) is 11.3 Å². The van der Waals surface area contributed by atoms with Crippen molar-refractivity contribution in [2.24, 2.45) is 0 Å². The van der Waals surface area contributed by atoms with Gasteiger partial charge in [0, 0.05) is 17.6 Å². The zero-order chi connectivity index (χ0) is 13.7. The van der Waals surface area contributed by atoms with Crippen LogP contribution in [0.4, 0.5) is 4.79 Å². The first kappa shape index (κ1) is 13.3. The summed E-state index contributed by atoms with van der Waals surface area (Å²) in [7, 11) is 1.49. The number of rotatable bonds is 4. The van der Waals surface area contributed by atoms with Gasteiger partial charge in [0.2, 0.25) is 0 Å². The Bertz CT molecular complexity index is 546. The van der Waals surface area contributed by atoms with E-state index in [9.17, 15) is 4.79 Å². The first-order chi connectivity index (χ1) is 9.20. The van der Waals surface area contributed by atoms with E-state index in [4.69, 9.17) is 16.3 Å². The van der Waals surface area contributed by atoms with Gasteiger partial charge in [-0.15, -0.1) is 10.2 Å². The highest BCUT2D eigenvalue weighted by atomic mass is 35.5. The SMILES string of the molecule is CNC(=O)O[C@@H](Cn1ncnn1)c1ccccc1Cl. The molecule has 8 heteroatoms. The molecule has 0 fully saturated rings. The number of nitrogens with one attached hydrogen (secondary N) is 1. The summed E-state index contributed by atoms with van der Waals surface area (Å²) in [4.78, 5) is 12.7. The fourth-order valence-corrected chi connectivity index (χ4v) is 1.80. The van der Waals surface area contributed by atoms with E-state index in [0.717, 1.165) is 0 Å². The van der Waals surface area contributed by atoms with Crippen molar-refractivity contribution in [3.8, 4) is 0 Å². The number of aromatic nitrogens is 4. The molecule has 0 unspecified atom stereocenters. The number of hydrogen-bond acceptors (Lipinski definition) is 5. The Morgan fingerprint density at radius 3 is 2.95 bits per heavy atom. The van der Waals surface area contributed by atoms with Crippen molar-refractivity contribution in [1.29, 1.82) is 0 Å². The predicted molar refractivity (Wildman–Crippen MR) is 67.6 cm³/mol. The summed E-state index contributed by atoms with van der Waals surface area (Å²) in [6, 6.07) is 7.13. The van der Waals surface area contributed by atoms with Gasteiger partial charge >= 0.3 is 6.09 Å². The number of nitrogens with zero attached hydrogens (tertiary/aromatic N) is 4. The smallest absolute Gasteiger partial charge is 0.407 e. The Balaban J connectivity index is 2.23. The third-order valence-corrected chi connectivity index (χ3v) is 2.77. The van der Waals surface area contributed by atoms with Crippen molar-refractivity contribution in [1.82, 2.24) is 25.5 Å². The van der Waals surface area contributed by atoms with E-state index in [1.165, 1.54) is 18.2 Å². The quantitative estimate of drug-likeness (QED) is 0.916. The molecule has 0 spiro atoms. The Labute approximate surface area is 114 Å². The van der Waals surface area contributed by atoms with Crippen molar-refractivity contribution >= 4 is 17.7 Å². The highest BCUT2D eigenvalue weighted by Crippen LogP contribution is 2.26. The Morgan fingerprint density at radius 1 is 1.53 bits per heavy atom. The highest BCUT2D eigenvalue weighted by Gasteiger charge is 2.20. The van der Waals surface area contributed by atoms with E-state index in [0.29, 0.717) is 10.6 Å².